The van der Waals surface area contributed by atoms with Gasteiger partial charge < -0.3 is 0 Å². The molecule has 0 unspecified atom stereocenters. The second-order valence-electron chi connectivity index (χ2n) is 6.28. The summed E-state index contributed by atoms with van der Waals surface area (Å²) in [4.78, 5) is 38.1. The van der Waals surface area contributed by atoms with Gasteiger partial charge in [0.15, 0.2) is 0 Å². The zero-order valence-corrected chi connectivity index (χ0v) is 14.1. The van der Waals surface area contributed by atoms with Crippen LogP contribution >= 0.6 is 0 Å². The SMILES string of the molecule is Cc1cccc(N2C(=O)c3cccc4c([N+](=O)[O-])ccc(c34)C2=O)c1C. The van der Waals surface area contributed by atoms with Crippen molar-refractivity contribution in [3.8, 4) is 0 Å². The van der Waals surface area contributed by atoms with Gasteiger partial charge in [0.2, 0.25) is 0 Å². The van der Waals surface area contributed by atoms with Crippen molar-refractivity contribution in [1.82, 2.24) is 0 Å². The van der Waals surface area contributed by atoms with Crippen molar-refractivity contribution in [3.63, 3.8) is 0 Å². The maximum Gasteiger partial charge on any atom is 0.277 e. The standard InChI is InChI=1S/C20H14N2O4/c1-11-5-3-8-16(12(11)2)21-19(23)14-7-4-6-13-17(22(25)26)10-9-15(18(13)14)20(21)24/h3-10H,1-2H3. The molecule has 0 aromatic heterocycles. The van der Waals surface area contributed by atoms with Gasteiger partial charge in [-0.2, -0.15) is 0 Å². The van der Waals surface area contributed by atoms with Crippen LogP contribution in [0.2, 0.25) is 0 Å². The van der Waals surface area contributed by atoms with Crippen LogP contribution in [0.25, 0.3) is 10.8 Å². The number of hydrogen-bond acceptors (Lipinski definition) is 4. The van der Waals surface area contributed by atoms with E-state index in [2.05, 4.69) is 0 Å². The van der Waals surface area contributed by atoms with E-state index in [4.69, 9.17) is 0 Å². The Morgan fingerprint density at radius 2 is 1.54 bits per heavy atom. The molecular formula is C20H14N2O4. The number of nitro benzene ring substituents is 1. The molecular weight excluding hydrogens is 332 g/mol. The lowest BCUT2D eigenvalue weighted by Crippen LogP contribution is -2.41. The molecule has 0 bridgehead atoms. The third kappa shape index (κ3) is 2.05. The number of benzene rings is 3. The van der Waals surface area contributed by atoms with Crippen molar-refractivity contribution in [2.45, 2.75) is 13.8 Å². The summed E-state index contributed by atoms with van der Waals surface area (Å²) in [7, 11) is 0. The Kier molecular flexibility index (Phi) is 3.37. The fourth-order valence-corrected chi connectivity index (χ4v) is 3.44. The van der Waals surface area contributed by atoms with E-state index in [1.807, 2.05) is 19.9 Å². The van der Waals surface area contributed by atoms with Gasteiger partial charge >= 0.3 is 0 Å². The summed E-state index contributed by atoms with van der Waals surface area (Å²) in [6.07, 6.45) is 0. The van der Waals surface area contributed by atoms with E-state index in [9.17, 15) is 19.7 Å². The van der Waals surface area contributed by atoms with Gasteiger partial charge in [0.1, 0.15) is 0 Å². The highest BCUT2D eigenvalue weighted by atomic mass is 16.6. The lowest BCUT2D eigenvalue weighted by atomic mass is 9.92. The van der Waals surface area contributed by atoms with Gasteiger partial charge in [-0.1, -0.05) is 18.2 Å². The monoisotopic (exact) mass is 346 g/mol. The summed E-state index contributed by atoms with van der Waals surface area (Å²) < 4.78 is 0. The van der Waals surface area contributed by atoms with Gasteiger partial charge in [-0.3, -0.25) is 19.7 Å². The van der Waals surface area contributed by atoms with Gasteiger partial charge in [-0.05, 0) is 49.2 Å². The van der Waals surface area contributed by atoms with Gasteiger partial charge in [-0.15, -0.1) is 0 Å². The topological polar surface area (TPSA) is 80.5 Å². The average Bonchev–Trinajstić information content (AvgIpc) is 2.62. The molecule has 2 amide bonds. The minimum Gasteiger partial charge on any atom is -0.268 e. The number of nitro groups is 1. The molecule has 0 radical (unpaired) electrons. The number of non-ortho nitro benzene ring substituents is 1. The zero-order chi connectivity index (χ0) is 18.6. The summed E-state index contributed by atoms with van der Waals surface area (Å²) in [5.74, 6) is -0.940. The van der Waals surface area contributed by atoms with Crippen LogP contribution in [0, 0.1) is 24.0 Å². The number of carbonyl (C=O) groups excluding carboxylic acids is 2. The Bertz CT molecular complexity index is 1110. The molecule has 0 spiro atoms. The van der Waals surface area contributed by atoms with E-state index in [-0.39, 0.29) is 5.69 Å². The predicted octanol–water partition coefficient (Wildman–Crippen LogP) is 4.17. The van der Waals surface area contributed by atoms with Gasteiger partial charge in [-0.25, -0.2) is 4.90 Å². The molecule has 6 heteroatoms. The fraction of sp³-hybridized carbons (Fsp3) is 0.100. The van der Waals surface area contributed by atoms with Crippen molar-refractivity contribution < 1.29 is 14.5 Å². The minimum atomic E-state index is -0.505. The Hall–Kier alpha value is -3.54. The third-order valence-electron chi connectivity index (χ3n) is 4.90. The predicted molar refractivity (Wildman–Crippen MR) is 97.7 cm³/mol. The molecule has 0 atom stereocenters. The first-order valence-corrected chi connectivity index (χ1v) is 8.07. The van der Waals surface area contributed by atoms with Gasteiger partial charge in [0, 0.05) is 22.6 Å². The molecule has 0 fully saturated rings. The second kappa shape index (κ2) is 5.49. The average molecular weight is 346 g/mol. The molecule has 128 valence electrons. The normalized spacial score (nSPS) is 13.4. The van der Waals surface area contributed by atoms with E-state index in [1.165, 1.54) is 12.1 Å². The minimum absolute atomic E-state index is 0.119. The number of nitrogens with zero attached hydrogens (tertiary/aromatic N) is 2. The second-order valence-corrected chi connectivity index (χ2v) is 6.28. The quantitative estimate of drug-likeness (QED) is 0.396. The zero-order valence-electron chi connectivity index (χ0n) is 14.1. The molecule has 0 aliphatic carbocycles. The summed E-state index contributed by atoms with van der Waals surface area (Å²) in [6, 6.07) is 12.9. The molecule has 0 saturated heterocycles. The van der Waals surface area contributed by atoms with Crippen LogP contribution in [-0.2, 0) is 0 Å². The van der Waals surface area contributed by atoms with Crippen molar-refractivity contribution >= 4 is 34.0 Å². The number of rotatable bonds is 2. The summed E-state index contributed by atoms with van der Waals surface area (Å²) in [5, 5.41) is 11.9. The van der Waals surface area contributed by atoms with E-state index < -0.39 is 16.7 Å². The van der Waals surface area contributed by atoms with Crippen molar-refractivity contribution in [2.75, 3.05) is 4.90 Å². The number of hydrogen-bond donors (Lipinski definition) is 0. The lowest BCUT2D eigenvalue weighted by molar-refractivity contribution is -0.383. The van der Waals surface area contributed by atoms with Gasteiger partial charge in [0.25, 0.3) is 17.5 Å². The molecule has 1 aliphatic heterocycles. The van der Waals surface area contributed by atoms with Crippen LogP contribution in [0.1, 0.15) is 31.8 Å². The van der Waals surface area contributed by atoms with Crippen LogP contribution < -0.4 is 4.90 Å². The number of imide groups is 1. The molecule has 1 heterocycles. The summed E-state index contributed by atoms with van der Waals surface area (Å²) >= 11 is 0. The summed E-state index contributed by atoms with van der Waals surface area (Å²) in [5.41, 5.74) is 2.80. The number of aryl methyl sites for hydroxylation is 1. The Morgan fingerprint density at radius 3 is 2.23 bits per heavy atom. The fourth-order valence-electron chi connectivity index (χ4n) is 3.44. The molecule has 4 rings (SSSR count). The van der Waals surface area contributed by atoms with E-state index >= 15 is 0 Å². The number of anilines is 1. The Labute approximate surface area is 148 Å². The molecule has 3 aromatic rings. The Morgan fingerprint density at radius 1 is 0.885 bits per heavy atom. The molecule has 6 nitrogen and oxygen atoms in total. The van der Waals surface area contributed by atoms with Crippen LogP contribution in [0.3, 0.4) is 0 Å². The highest BCUT2D eigenvalue weighted by molar-refractivity contribution is 6.36. The first kappa shape index (κ1) is 16.0. The van der Waals surface area contributed by atoms with Crippen molar-refractivity contribution in [2.24, 2.45) is 0 Å². The summed E-state index contributed by atoms with van der Waals surface area (Å²) in [6.45, 7) is 3.77. The van der Waals surface area contributed by atoms with Crippen LogP contribution in [0.4, 0.5) is 11.4 Å². The number of amides is 2. The first-order chi connectivity index (χ1) is 12.4. The number of carbonyl (C=O) groups is 2. The van der Waals surface area contributed by atoms with Crippen LogP contribution in [-0.4, -0.2) is 16.7 Å². The molecule has 0 saturated carbocycles. The highest BCUT2D eigenvalue weighted by Crippen LogP contribution is 2.37. The van der Waals surface area contributed by atoms with E-state index in [1.54, 1.807) is 30.3 Å². The highest BCUT2D eigenvalue weighted by Gasteiger charge is 2.36. The molecule has 26 heavy (non-hydrogen) atoms. The van der Waals surface area contributed by atoms with E-state index in [0.29, 0.717) is 27.6 Å². The molecule has 1 aliphatic rings. The van der Waals surface area contributed by atoms with Crippen molar-refractivity contribution in [1.29, 1.82) is 0 Å². The molecule has 3 aromatic carbocycles. The maximum absolute atomic E-state index is 13.1. The van der Waals surface area contributed by atoms with E-state index in [0.717, 1.165) is 16.0 Å². The molecule has 0 N–H and O–H groups in total. The van der Waals surface area contributed by atoms with Gasteiger partial charge in [0.05, 0.1) is 16.0 Å². The van der Waals surface area contributed by atoms with Crippen LogP contribution in [0.15, 0.2) is 48.5 Å². The first-order valence-electron chi connectivity index (χ1n) is 8.07. The van der Waals surface area contributed by atoms with Crippen LogP contribution in [0.5, 0.6) is 0 Å². The lowest BCUT2D eigenvalue weighted by Gasteiger charge is -2.28. The Balaban J connectivity index is 2.02. The van der Waals surface area contributed by atoms with Crippen molar-refractivity contribution in [3.05, 3.63) is 80.9 Å². The largest absolute Gasteiger partial charge is 0.277 e. The maximum atomic E-state index is 13.1. The third-order valence-corrected chi connectivity index (χ3v) is 4.90. The smallest absolute Gasteiger partial charge is 0.268 e.